The smallest absolute Gasteiger partial charge is 0.356 e. The van der Waals surface area contributed by atoms with Crippen molar-refractivity contribution in [1.82, 2.24) is 10.2 Å². The number of H-pyrrole nitrogens is 1. The molecule has 0 spiro atoms. The van der Waals surface area contributed by atoms with Gasteiger partial charge in [-0.3, -0.25) is 5.10 Å². The molecule has 3 aromatic rings. The van der Waals surface area contributed by atoms with Crippen molar-refractivity contribution in [2.75, 3.05) is 6.61 Å². The van der Waals surface area contributed by atoms with Crippen LogP contribution in [0, 0.1) is 0 Å². The first-order valence-corrected chi connectivity index (χ1v) is 6.88. The Labute approximate surface area is 123 Å². The number of halogens is 1. The molecule has 0 radical (unpaired) electrons. The number of benzene rings is 1. The van der Waals surface area contributed by atoms with E-state index in [1.54, 1.807) is 13.0 Å². The average molecular weight is 335 g/mol. The molecule has 0 aliphatic rings. The van der Waals surface area contributed by atoms with Crippen LogP contribution in [0.15, 0.2) is 39.2 Å². The fourth-order valence-corrected chi connectivity index (χ4v) is 2.28. The van der Waals surface area contributed by atoms with Crippen molar-refractivity contribution in [2.24, 2.45) is 0 Å². The Balaban J connectivity index is 1.96. The standard InChI is InChI=1S/C14H11BrN2O3/c1-2-19-14(18)11-7-10(16-17-11)13-6-8-5-9(15)3-4-12(8)20-13/h3-7H,2H2,1H3,(H,16,17). The van der Waals surface area contributed by atoms with E-state index < -0.39 is 5.97 Å². The second-order valence-corrected chi connectivity index (χ2v) is 5.10. The molecule has 1 aromatic carbocycles. The van der Waals surface area contributed by atoms with Gasteiger partial charge in [-0.1, -0.05) is 15.9 Å². The summed E-state index contributed by atoms with van der Waals surface area (Å²) in [5.41, 5.74) is 1.65. The number of carbonyl (C=O) groups excluding carboxylic acids is 1. The summed E-state index contributed by atoms with van der Waals surface area (Å²) in [4.78, 5) is 11.6. The molecular formula is C14H11BrN2O3. The topological polar surface area (TPSA) is 68.1 Å². The molecular weight excluding hydrogens is 324 g/mol. The van der Waals surface area contributed by atoms with Crippen LogP contribution in [0.25, 0.3) is 22.4 Å². The summed E-state index contributed by atoms with van der Waals surface area (Å²) >= 11 is 3.41. The maximum atomic E-state index is 11.6. The number of fused-ring (bicyclic) bond motifs is 1. The van der Waals surface area contributed by atoms with E-state index in [0.717, 1.165) is 15.4 Å². The Hall–Kier alpha value is -2.08. The molecule has 0 bridgehead atoms. The number of ether oxygens (including phenoxy) is 1. The lowest BCUT2D eigenvalue weighted by molar-refractivity contribution is 0.0519. The van der Waals surface area contributed by atoms with Crippen LogP contribution in [0.5, 0.6) is 0 Å². The zero-order valence-electron chi connectivity index (χ0n) is 10.6. The number of aromatic amines is 1. The van der Waals surface area contributed by atoms with Gasteiger partial charge in [0.2, 0.25) is 0 Å². The summed E-state index contributed by atoms with van der Waals surface area (Å²) in [6.07, 6.45) is 0. The number of nitrogens with one attached hydrogen (secondary N) is 1. The van der Waals surface area contributed by atoms with Crippen LogP contribution in [0.2, 0.25) is 0 Å². The van der Waals surface area contributed by atoms with Crippen LogP contribution in [-0.2, 0) is 4.74 Å². The lowest BCUT2D eigenvalue weighted by atomic mass is 10.2. The first-order chi connectivity index (χ1) is 9.67. The van der Waals surface area contributed by atoms with Crippen molar-refractivity contribution in [3.63, 3.8) is 0 Å². The molecule has 1 N–H and O–H groups in total. The first kappa shape index (κ1) is 12.9. The van der Waals surface area contributed by atoms with E-state index in [1.807, 2.05) is 24.3 Å². The van der Waals surface area contributed by atoms with Crippen LogP contribution in [-0.4, -0.2) is 22.8 Å². The van der Waals surface area contributed by atoms with E-state index >= 15 is 0 Å². The minimum atomic E-state index is -0.426. The van der Waals surface area contributed by atoms with Crippen molar-refractivity contribution in [3.05, 3.63) is 40.5 Å². The number of hydrogen-bond acceptors (Lipinski definition) is 4. The number of rotatable bonds is 3. The summed E-state index contributed by atoms with van der Waals surface area (Å²) < 4.78 is 11.6. The summed E-state index contributed by atoms with van der Waals surface area (Å²) in [5, 5.41) is 7.69. The fourth-order valence-electron chi connectivity index (χ4n) is 1.90. The Kier molecular flexibility index (Phi) is 3.31. The third-order valence-corrected chi connectivity index (χ3v) is 3.30. The zero-order chi connectivity index (χ0) is 14.1. The van der Waals surface area contributed by atoms with E-state index in [9.17, 15) is 4.79 Å². The van der Waals surface area contributed by atoms with Gasteiger partial charge < -0.3 is 9.15 Å². The summed E-state index contributed by atoms with van der Waals surface area (Å²) in [6, 6.07) is 9.24. The van der Waals surface area contributed by atoms with Crippen LogP contribution >= 0.6 is 15.9 Å². The van der Waals surface area contributed by atoms with Crippen molar-refractivity contribution in [1.29, 1.82) is 0 Å². The molecule has 0 fully saturated rings. The van der Waals surface area contributed by atoms with Crippen LogP contribution in [0.1, 0.15) is 17.4 Å². The molecule has 6 heteroatoms. The monoisotopic (exact) mass is 334 g/mol. The molecule has 0 atom stereocenters. The second-order valence-electron chi connectivity index (χ2n) is 4.18. The number of carbonyl (C=O) groups is 1. The fraction of sp³-hybridized carbons (Fsp3) is 0.143. The molecule has 0 aliphatic heterocycles. The highest BCUT2D eigenvalue weighted by molar-refractivity contribution is 9.10. The largest absolute Gasteiger partial charge is 0.461 e. The lowest BCUT2D eigenvalue weighted by Gasteiger charge is -1.95. The minimum absolute atomic E-state index is 0.309. The SMILES string of the molecule is CCOC(=O)c1cc(-c2cc3cc(Br)ccc3o2)n[nH]1. The molecule has 0 unspecified atom stereocenters. The van der Waals surface area contributed by atoms with E-state index in [4.69, 9.17) is 9.15 Å². The normalized spacial score (nSPS) is 10.9. The maximum Gasteiger partial charge on any atom is 0.356 e. The minimum Gasteiger partial charge on any atom is -0.461 e. The summed E-state index contributed by atoms with van der Waals surface area (Å²) in [5.74, 6) is 0.176. The summed E-state index contributed by atoms with van der Waals surface area (Å²) in [6.45, 7) is 2.08. The number of furan rings is 1. The first-order valence-electron chi connectivity index (χ1n) is 6.09. The van der Waals surface area contributed by atoms with Gasteiger partial charge in [-0.2, -0.15) is 5.10 Å². The third-order valence-electron chi connectivity index (χ3n) is 2.80. The molecule has 0 aliphatic carbocycles. The predicted molar refractivity (Wildman–Crippen MR) is 77.5 cm³/mol. The molecule has 3 rings (SSSR count). The van der Waals surface area contributed by atoms with Crippen molar-refractivity contribution in [2.45, 2.75) is 6.92 Å². The molecule has 102 valence electrons. The van der Waals surface area contributed by atoms with Crippen LogP contribution < -0.4 is 0 Å². The van der Waals surface area contributed by atoms with E-state index in [0.29, 0.717) is 23.8 Å². The number of hydrogen-bond donors (Lipinski definition) is 1. The van der Waals surface area contributed by atoms with Gasteiger partial charge in [-0.15, -0.1) is 0 Å². The Morgan fingerprint density at radius 2 is 2.25 bits per heavy atom. The van der Waals surface area contributed by atoms with Crippen molar-refractivity contribution < 1.29 is 13.9 Å². The Bertz CT molecular complexity index is 776. The molecule has 2 aromatic heterocycles. The average Bonchev–Trinajstić information content (AvgIpc) is 3.04. The zero-order valence-corrected chi connectivity index (χ0v) is 12.2. The summed E-state index contributed by atoms with van der Waals surface area (Å²) in [7, 11) is 0. The maximum absolute atomic E-state index is 11.6. The Morgan fingerprint density at radius 1 is 1.40 bits per heavy atom. The van der Waals surface area contributed by atoms with Gasteiger partial charge in [0, 0.05) is 15.9 Å². The molecule has 0 amide bonds. The highest BCUT2D eigenvalue weighted by atomic mass is 79.9. The van der Waals surface area contributed by atoms with Gasteiger partial charge in [0.25, 0.3) is 0 Å². The molecule has 5 nitrogen and oxygen atoms in total. The van der Waals surface area contributed by atoms with Crippen molar-refractivity contribution in [3.8, 4) is 11.5 Å². The van der Waals surface area contributed by atoms with Crippen LogP contribution in [0.3, 0.4) is 0 Å². The second kappa shape index (κ2) is 5.13. The lowest BCUT2D eigenvalue weighted by Crippen LogP contribution is -2.04. The predicted octanol–water partition coefficient (Wildman–Crippen LogP) is 3.76. The van der Waals surface area contributed by atoms with Gasteiger partial charge in [-0.05, 0) is 31.2 Å². The number of esters is 1. The van der Waals surface area contributed by atoms with Gasteiger partial charge in [-0.25, -0.2) is 4.79 Å². The van der Waals surface area contributed by atoms with Gasteiger partial charge in [0.05, 0.1) is 6.61 Å². The van der Waals surface area contributed by atoms with Gasteiger partial charge >= 0.3 is 5.97 Å². The molecule has 2 heterocycles. The highest BCUT2D eigenvalue weighted by Crippen LogP contribution is 2.28. The van der Waals surface area contributed by atoms with Crippen molar-refractivity contribution >= 4 is 32.9 Å². The van der Waals surface area contributed by atoms with Gasteiger partial charge in [0.1, 0.15) is 17.0 Å². The number of aromatic nitrogens is 2. The van der Waals surface area contributed by atoms with E-state index in [1.165, 1.54) is 0 Å². The van der Waals surface area contributed by atoms with E-state index in [-0.39, 0.29) is 0 Å². The highest BCUT2D eigenvalue weighted by Gasteiger charge is 2.14. The molecule has 0 saturated carbocycles. The van der Waals surface area contributed by atoms with E-state index in [2.05, 4.69) is 26.1 Å². The third kappa shape index (κ3) is 2.34. The van der Waals surface area contributed by atoms with Crippen LogP contribution in [0.4, 0.5) is 0 Å². The Morgan fingerprint density at radius 3 is 3.05 bits per heavy atom. The quantitative estimate of drug-likeness (QED) is 0.740. The molecule has 0 saturated heterocycles. The molecule has 20 heavy (non-hydrogen) atoms. The number of nitrogens with zero attached hydrogens (tertiary/aromatic N) is 1. The van der Waals surface area contributed by atoms with Gasteiger partial charge in [0.15, 0.2) is 5.76 Å².